The minimum absolute atomic E-state index is 0.0288. The van der Waals surface area contributed by atoms with Crippen molar-refractivity contribution in [2.24, 2.45) is 0 Å². The maximum atomic E-state index is 12.4. The van der Waals surface area contributed by atoms with Crippen LogP contribution in [0.25, 0.3) is 0 Å². The van der Waals surface area contributed by atoms with Gasteiger partial charge in [0.05, 0.1) is 5.75 Å². The standard InChI is InChI=1S/C22H26N4OS/c1-4-26-19(14-13-18-11-6-5-7-12-18)24-25-22(26)28-15-20(27)23-21-16(2)9-8-10-17(21)3/h5-12H,4,13-15H2,1-3H3,(H,23,27). The Kier molecular flexibility index (Phi) is 6.87. The lowest BCUT2D eigenvalue weighted by molar-refractivity contribution is -0.113. The molecule has 0 aliphatic heterocycles. The average Bonchev–Trinajstić information content (AvgIpc) is 3.10. The molecule has 1 amide bonds. The number of amides is 1. The maximum Gasteiger partial charge on any atom is 0.234 e. The van der Waals surface area contributed by atoms with Gasteiger partial charge in [0.15, 0.2) is 5.16 Å². The summed E-state index contributed by atoms with van der Waals surface area (Å²) in [6.07, 6.45) is 1.76. The third kappa shape index (κ3) is 5.01. The summed E-state index contributed by atoms with van der Waals surface area (Å²) in [4.78, 5) is 12.4. The van der Waals surface area contributed by atoms with Crippen LogP contribution in [0, 0.1) is 13.8 Å². The zero-order valence-corrected chi connectivity index (χ0v) is 17.4. The van der Waals surface area contributed by atoms with Crippen LogP contribution < -0.4 is 5.32 Å². The van der Waals surface area contributed by atoms with Crippen LogP contribution in [-0.2, 0) is 24.2 Å². The highest BCUT2D eigenvalue weighted by molar-refractivity contribution is 7.99. The number of nitrogens with one attached hydrogen (secondary N) is 1. The van der Waals surface area contributed by atoms with Gasteiger partial charge in [-0.3, -0.25) is 4.79 Å². The molecule has 0 spiro atoms. The number of rotatable bonds is 8. The summed E-state index contributed by atoms with van der Waals surface area (Å²) in [5.74, 6) is 1.24. The number of carbonyl (C=O) groups is 1. The topological polar surface area (TPSA) is 59.8 Å². The summed E-state index contributed by atoms with van der Waals surface area (Å²) in [6.45, 7) is 6.87. The number of hydrogen-bond acceptors (Lipinski definition) is 4. The summed E-state index contributed by atoms with van der Waals surface area (Å²) in [5, 5.41) is 12.5. The lowest BCUT2D eigenvalue weighted by Gasteiger charge is -2.11. The molecule has 0 aliphatic carbocycles. The third-order valence-electron chi connectivity index (χ3n) is 4.67. The van der Waals surface area contributed by atoms with E-state index >= 15 is 0 Å². The van der Waals surface area contributed by atoms with Crippen LogP contribution in [0.2, 0.25) is 0 Å². The first-order valence-electron chi connectivity index (χ1n) is 9.53. The van der Waals surface area contributed by atoms with Gasteiger partial charge < -0.3 is 9.88 Å². The third-order valence-corrected chi connectivity index (χ3v) is 5.63. The van der Waals surface area contributed by atoms with Gasteiger partial charge >= 0.3 is 0 Å². The Bertz CT molecular complexity index is 917. The van der Waals surface area contributed by atoms with Crippen LogP contribution in [0.5, 0.6) is 0 Å². The Morgan fingerprint density at radius 1 is 1.00 bits per heavy atom. The van der Waals surface area contributed by atoms with Crippen molar-refractivity contribution in [3.05, 3.63) is 71.0 Å². The number of para-hydroxylation sites is 1. The van der Waals surface area contributed by atoms with E-state index in [1.165, 1.54) is 17.3 Å². The first-order chi connectivity index (χ1) is 13.6. The van der Waals surface area contributed by atoms with Crippen LogP contribution in [0.15, 0.2) is 53.7 Å². The van der Waals surface area contributed by atoms with Gasteiger partial charge in [-0.25, -0.2) is 0 Å². The highest BCUT2D eigenvalue weighted by Gasteiger charge is 2.14. The number of carbonyl (C=O) groups excluding carboxylic acids is 1. The zero-order chi connectivity index (χ0) is 19.9. The molecule has 1 N–H and O–H groups in total. The first-order valence-corrected chi connectivity index (χ1v) is 10.5. The summed E-state index contributed by atoms with van der Waals surface area (Å²) in [7, 11) is 0. The van der Waals surface area contributed by atoms with Crippen molar-refractivity contribution >= 4 is 23.4 Å². The van der Waals surface area contributed by atoms with Crippen molar-refractivity contribution < 1.29 is 4.79 Å². The van der Waals surface area contributed by atoms with Crippen LogP contribution in [-0.4, -0.2) is 26.4 Å². The normalized spacial score (nSPS) is 10.8. The van der Waals surface area contributed by atoms with Gasteiger partial charge in [-0.2, -0.15) is 0 Å². The number of thioether (sulfide) groups is 1. The lowest BCUT2D eigenvalue weighted by Crippen LogP contribution is -2.16. The molecular weight excluding hydrogens is 368 g/mol. The molecule has 1 heterocycles. The minimum atomic E-state index is -0.0288. The predicted octanol–water partition coefficient (Wildman–Crippen LogP) is 4.43. The highest BCUT2D eigenvalue weighted by Crippen LogP contribution is 2.22. The van der Waals surface area contributed by atoms with Gasteiger partial charge in [0.2, 0.25) is 5.91 Å². The minimum Gasteiger partial charge on any atom is -0.325 e. The van der Waals surface area contributed by atoms with Gasteiger partial charge in [-0.05, 0) is 43.9 Å². The number of anilines is 1. The second-order valence-electron chi connectivity index (χ2n) is 6.73. The van der Waals surface area contributed by atoms with E-state index in [1.54, 1.807) is 0 Å². The number of nitrogens with zero attached hydrogens (tertiary/aromatic N) is 3. The fourth-order valence-corrected chi connectivity index (χ4v) is 3.97. The molecule has 3 aromatic rings. The molecule has 0 fully saturated rings. The Labute approximate surface area is 170 Å². The smallest absolute Gasteiger partial charge is 0.234 e. The zero-order valence-electron chi connectivity index (χ0n) is 16.6. The summed E-state index contributed by atoms with van der Waals surface area (Å²) < 4.78 is 2.10. The fourth-order valence-electron chi connectivity index (χ4n) is 3.15. The second-order valence-corrected chi connectivity index (χ2v) is 7.67. The van der Waals surface area contributed by atoms with Gasteiger partial charge in [-0.1, -0.05) is 60.3 Å². The molecule has 0 saturated heterocycles. The van der Waals surface area contributed by atoms with Crippen LogP contribution in [0.1, 0.15) is 29.4 Å². The highest BCUT2D eigenvalue weighted by atomic mass is 32.2. The first kappa shape index (κ1) is 20.1. The number of benzene rings is 2. The van der Waals surface area contributed by atoms with Gasteiger partial charge in [0.1, 0.15) is 5.82 Å². The van der Waals surface area contributed by atoms with Crippen LogP contribution in [0.3, 0.4) is 0 Å². The molecule has 0 saturated carbocycles. The van der Waals surface area contributed by atoms with E-state index < -0.39 is 0 Å². The van der Waals surface area contributed by atoms with Crippen LogP contribution in [0.4, 0.5) is 5.69 Å². The SMILES string of the molecule is CCn1c(CCc2ccccc2)nnc1SCC(=O)Nc1c(C)cccc1C. The van der Waals surface area contributed by atoms with Crippen LogP contribution >= 0.6 is 11.8 Å². The number of aryl methyl sites for hydroxylation is 4. The molecule has 3 rings (SSSR count). The van der Waals surface area contributed by atoms with Crippen molar-refractivity contribution in [2.45, 2.75) is 45.3 Å². The van der Waals surface area contributed by atoms with E-state index in [1.807, 2.05) is 38.1 Å². The monoisotopic (exact) mass is 394 g/mol. The van der Waals surface area contributed by atoms with E-state index in [-0.39, 0.29) is 5.91 Å². The molecule has 0 aliphatic rings. The van der Waals surface area contributed by atoms with Crippen molar-refractivity contribution in [1.82, 2.24) is 14.8 Å². The molecule has 2 aromatic carbocycles. The van der Waals surface area contributed by atoms with E-state index in [9.17, 15) is 4.79 Å². The molecule has 6 heteroatoms. The number of aromatic nitrogens is 3. The molecule has 28 heavy (non-hydrogen) atoms. The number of hydrogen-bond donors (Lipinski definition) is 1. The van der Waals surface area contributed by atoms with E-state index in [0.29, 0.717) is 5.75 Å². The summed E-state index contributed by atoms with van der Waals surface area (Å²) >= 11 is 1.43. The predicted molar refractivity (Wildman–Crippen MR) is 115 cm³/mol. The molecule has 0 unspecified atom stereocenters. The summed E-state index contributed by atoms with van der Waals surface area (Å²) in [6, 6.07) is 16.4. The van der Waals surface area contributed by atoms with Gasteiger partial charge in [0.25, 0.3) is 0 Å². The average molecular weight is 395 g/mol. The van der Waals surface area contributed by atoms with E-state index in [0.717, 1.165) is 47.2 Å². The molecule has 0 atom stereocenters. The Balaban J connectivity index is 1.60. The summed E-state index contributed by atoms with van der Waals surface area (Å²) in [5.41, 5.74) is 4.32. The Hall–Kier alpha value is -2.60. The Morgan fingerprint density at radius 2 is 1.71 bits per heavy atom. The van der Waals surface area contributed by atoms with Crippen molar-refractivity contribution in [1.29, 1.82) is 0 Å². The molecule has 146 valence electrons. The van der Waals surface area contributed by atoms with E-state index in [4.69, 9.17) is 0 Å². The molecular formula is C22H26N4OS. The van der Waals surface area contributed by atoms with Crippen molar-refractivity contribution in [2.75, 3.05) is 11.1 Å². The second kappa shape index (κ2) is 9.55. The fraction of sp³-hybridized carbons (Fsp3) is 0.318. The largest absolute Gasteiger partial charge is 0.325 e. The molecule has 0 bridgehead atoms. The molecule has 0 radical (unpaired) electrons. The van der Waals surface area contributed by atoms with E-state index in [2.05, 4.69) is 51.3 Å². The quantitative estimate of drug-likeness (QED) is 0.574. The van der Waals surface area contributed by atoms with Gasteiger partial charge in [-0.15, -0.1) is 10.2 Å². The van der Waals surface area contributed by atoms with Crippen molar-refractivity contribution in [3.63, 3.8) is 0 Å². The molecule has 1 aromatic heterocycles. The van der Waals surface area contributed by atoms with Crippen molar-refractivity contribution in [3.8, 4) is 0 Å². The Morgan fingerprint density at radius 3 is 2.39 bits per heavy atom. The maximum absolute atomic E-state index is 12.4. The van der Waals surface area contributed by atoms with Gasteiger partial charge in [0, 0.05) is 18.7 Å². The lowest BCUT2D eigenvalue weighted by atomic mass is 10.1. The molecule has 5 nitrogen and oxygen atoms in total.